The molecule has 0 heterocycles. The Morgan fingerprint density at radius 1 is 1.12 bits per heavy atom. The molecule has 4 heteroatoms. The molecular formula is C12H21NO3. The number of hydrogen-bond donors (Lipinski definition) is 1. The summed E-state index contributed by atoms with van der Waals surface area (Å²) in [4.78, 5) is 0. The van der Waals surface area contributed by atoms with Crippen LogP contribution in [0.25, 0.3) is 0 Å². The van der Waals surface area contributed by atoms with Gasteiger partial charge in [0.25, 0.3) is 0 Å². The zero-order valence-corrected chi connectivity index (χ0v) is 10.1. The summed E-state index contributed by atoms with van der Waals surface area (Å²) in [6, 6.07) is 2.30. The van der Waals surface area contributed by atoms with Gasteiger partial charge >= 0.3 is 0 Å². The Balaban J connectivity index is 2.80. The van der Waals surface area contributed by atoms with Crippen LogP contribution in [0.1, 0.15) is 38.5 Å². The van der Waals surface area contributed by atoms with Crippen molar-refractivity contribution < 1.29 is 14.6 Å². The highest BCUT2D eigenvalue weighted by atomic mass is 16.7. The van der Waals surface area contributed by atoms with Crippen molar-refractivity contribution in [3.8, 4) is 6.07 Å². The first-order valence-electron chi connectivity index (χ1n) is 5.85. The van der Waals surface area contributed by atoms with Crippen molar-refractivity contribution in [1.82, 2.24) is 0 Å². The summed E-state index contributed by atoms with van der Waals surface area (Å²) >= 11 is 0. The van der Waals surface area contributed by atoms with E-state index in [4.69, 9.17) is 9.47 Å². The predicted molar refractivity (Wildman–Crippen MR) is 59.6 cm³/mol. The van der Waals surface area contributed by atoms with Crippen LogP contribution in [-0.2, 0) is 9.47 Å². The van der Waals surface area contributed by atoms with E-state index in [0.29, 0.717) is 0 Å². The molecular weight excluding hydrogens is 206 g/mol. The minimum Gasteiger partial charge on any atom is -0.386 e. The van der Waals surface area contributed by atoms with Crippen molar-refractivity contribution in [1.29, 1.82) is 5.26 Å². The third-order valence-corrected chi connectivity index (χ3v) is 3.51. The van der Waals surface area contributed by atoms with Gasteiger partial charge in [-0.15, -0.1) is 0 Å². The average molecular weight is 227 g/mol. The van der Waals surface area contributed by atoms with Gasteiger partial charge in [0.15, 0.2) is 6.29 Å². The first-order valence-corrected chi connectivity index (χ1v) is 5.85. The molecule has 4 nitrogen and oxygen atoms in total. The summed E-state index contributed by atoms with van der Waals surface area (Å²) in [7, 11) is 2.97. The number of hydrogen-bond acceptors (Lipinski definition) is 4. The van der Waals surface area contributed by atoms with Crippen LogP contribution in [0.4, 0.5) is 0 Å². The Morgan fingerprint density at radius 2 is 1.62 bits per heavy atom. The van der Waals surface area contributed by atoms with Crippen LogP contribution >= 0.6 is 0 Å². The molecule has 0 aromatic rings. The fourth-order valence-corrected chi connectivity index (χ4v) is 2.45. The van der Waals surface area contributed by atoms with Crippen LogP contribution in [0.15, 0.2) is 0 Å². The van der Waals surface area contributed by atoms with Gasteiger partial charge in [-0.2, -0.15) is 5.26 Å². The van der Waals surface area contributed by atoms with Crippen LogP contribution in [0.3, 0.4) is 0 Å². The molecule has 0 amide bonds. The molecule has 0 spiro atoms. The Bertz CT molecular complexity index is 237. The number of nitrogens with zero attached hydrogens (tertiary/aromatic N) is 1. The summed E-state index contributed by atoms with van der Waals surface area (Å²) in [5.74, 6) is 0. The quantitative estimate of drug-likeness (QED) is 0.588. The normalized spacial score (nSPS) is 22.4. The number of aliphatic hydroxyl groups is 1. The molecule has 0 saturated heterocycles. The minimum absolute atomic E-state index is 0.701. The van der Waals surface area contributed by atoms with Crippen LogP contribution in [-0.4, -0.2) is 31.7 Å². The highest BCUT2D eigenvalue weighted by Gasteiger charge is 2.43. The van der Waals surface area contributed by atoms with E-state index in [1.54, 1.807) is 0 Å². The smallest absolute Gasteiger partial charge is 0.184 e. The molecule has 1 aliphatic rings. The first-order chi connectivity index (χ1) is 7.70. The third kappa shape index (κ3) is 2.73. The van der Waals surface area contributed by atoms with Crippen LogP contribution in [0.5, 0.6) is 0 Å². The topological polar surface area (TPSA) is 62.5 Å². The van der Waals surface area contributed by atoms with Gasteiger partial charge in [0.1, 0.15) is 6.10 Å². The maximum Gasteiger partial charge on any atom is 0.184 e. The van der Waals surface area contributed by atoms with E-state index in [1.165, 1.54) is 14.2 Å². The van der Waals surface area contributed by atoms with Crippen molar-refractivity contribution >= 4 is 0 Å². The highest BCUT2D eigenvalue weighted by Crippen LogP contribution is 2.39. The molecule has 1 unspecified atom stereocenters. The lowest BCUT2D eigenvalue weighted by Gasteiger charge is -2.34. The number of methoxy groups -OCH3 is 2. The SMILES string of the molecule is COC(OC)C(O)C1(C#N)CCCCCC1. The lowest BCUT2D eigenvalue weighted by atomic mass is 9.76. The first kappa shape index (κ1) is 13.4. The van der Waals surface area contributed by atoms with E-state index in [-0.39, 0.29) is 0 Å². The van der Waals surface area contributed by atoms with E-state index >= 15 is 0 Å². The lowest BCUT2D eigenvalue weighted by molar-refractivity contribution is -0.191. The fraction of sp³-hybridized carbons (Fsp3) is 0.917. The van der Waals surface area contributed by atoms with Gasteiger partial charge in [-0.3, -0.25) is 0 Å². The highest BCUT2D eigenvalue weighted by molar-refractivity contribution is 5.05. The summed E-state index contributed by atoms with van der Waals surface area (Å²) in [6.07, 6.45) is 4.14. The van der Waals surface area contributed by atoms with Crippen molar-refractivity contribution in [2.45, 2.75) is 50.9 Å². The predicted octanol–water partition coefficient (Wildman–Crippen LogP) is 1.83. The van der Waals surface area contributed by atoms with E-state index in [0.717, 1.165) is 38.5 Å². The molecule has 1 fully saturated rings. The number of nitriles is 1. The molecule has 92 valence electrons. The standard InChI is InChI=1S/C12H21NO3/c1-15-11(16-2)10(14)12(9-13)7-5-3-4-6-8-12/h10-11,14H,3-8H2,1-2H3. The molecule has 1 aliphatic carbocycles. The Labute approximate surface area is 97.2 Å². The second-order valence-corrected chi connectivity index (χ2v) is 4.47. The van der Waals surface area contributed by atoms with Crippen molar-refractivity contribution in [3.63, 3.8) is 0 Å². The largest absolute Gasteiger partial charge is 0.386 e. The summed E-state index contributed by atoms with van der Waals surface area (Å²) in [6.45, 7) is 0. The minimum atomic E-state index is -0.870. The zero-order valence-electron chi connectivity index (χ0n) is 10.1. The van der Waals surface area contributed by atoms with Gasteiger partial charge in [0.2, 0.25) is 0 Å². The number of ether oxygens (including phenoxy) is 2. The Morgan fingerprint density at radius 3 is 2.00 bits per heavy atom. The average Bonchev–Trinajstić information content (AvgIpc) is 2.56. The lowest BCUT2D eigenvalue weighted by Crippen LogP contribution is -2.44. The second kappa shape index (κ2) is 6.19. The molecule has 0 aromatic carbocycles. The molecule has 0 bridgehead atoms. The number of rotatable bonds is 4. The molecule has 0 aliphatic heterocycles. The summed E-state index contributed by atoms with van der Waals surface area (Å²) in [5, 5.41) is 19.6. The monoisotopic (exact) mass is 227 g/mol. The molecule has 0 aromatic heterocycles. The van der Waals surface area contributed by atoms with Gasteiger partial charge in [0, 0.05) is 14.2 Å². The Kier molecular flexibility index (Phi) is 5.20. The maximum atomic E-state index is 10.2. The zero-order chi connectivity index (χ0) is 12.0. The molecule has 1 rings (SSSR count). The molecule has 1 atom stereocenters. The van der Waals surface area contributed by atoms with Gasteiger partial charge in [-0.1, -0.05) is 25.7 Å². The molecule has 1 saturated carbocycles. The van der Waals surface area contributed by atoms with Gasteiger partial charge in [-0.05, 0) is 12.8 Å². The van der Waals surface area contributed by atoms with E-state index in [2.05, 4.69) is 6.07 Å². The molecule has 0 radical (unpaired) electrons. The number of aliphatic hydroxyl groups excluding tert-OH is 1. The molecule has 1 N–H and O–H groups in total. The summed E-state index contributed by atoms with van der Waals surface area (Å²) in [5.41, 5.74) is -0.701. The van der Waals surface area contributed by atoms with Crippen molar-refractivity contribution in [3.05, 3.63) is 0 Å². The van der Waals surface area contributed by atoms with Crippen LogP contribution < -0.4 is 0 Å². The molecule has 16 heavy (non-hydrogen) atoms. The van der Waals surface area contributed by atoms with Crippen molar-refractivity contribution in [2.24, 2.45) is 5.41 Å². The second-order valence-electron chi connectivity index (χ2n) is 4.47. The Hall–Kier alpha value is -0.630. The van der Waals surface area contributed by atoms with E-state index in [9.17, 15) is 10.4 Å². The van der Waals surface area contributed by atoms with E-state index < -0.39 is 17.8 Å². The van der Waals surface area contributed by atoms with Gasteiger partial charge in [0.05, 0.1) is 11.5 Å². The fourth-order valence-electron chi connectivity index (χ4n) is 2.45. The van der Waals surface area contributed by atoms with Gasteiger partial charge < -0.3 is 14.6 Å². The van der Waals surface area contributed by atoms with Crippen LogP contribution in [0, 0.1) is 16.7 Å². The van der Waals surface area contributed by atoms with E-state index in [1.807, 2.05) is 0 Å². The van der Waals surface area contributed by atoms with Crippen molar-refractivity contribution in [2.75, 3.05) is 14.2 Å². The third-order valence-electron chi connectivity index (χ3n) is 3.51. The maximum absolute atomic E-state index is 10.2. The van der Waals surface area contributed by atoms with Gasteiger partial charge in [-0.25, -0.2) is 0 Å². The summed E-state index contributed by atoms with van der Waals surface area (Å²) < 4.78 is 10.1. The van der Waals surface area contributed by atoms with Crippen LogP contribution in [0.2, 0.25) is 0 Å².